The minimum atomic E-state index is 0.139. The lowest BCUT2D eigenvalue weighted by atomic mass is 9.88. The molecular formula is C18H20O2. The zero-order valence-corrected chi connectivity index (χ0v) is 12.0. The molecule has 2 aromatic rings. The van der Waals surface area contributed by atoms with Crippen LogP contribution in [0.2, 0.25) is 0 Å². The third kappa shape index (κ3) is 2.97. The molecule has 0 aliphatic carbocycles. The Kier molecular flexibility index (Phi) is 4.70. The molecule has 0 fully saturated rings. The minimum Gasteiger partial charge on any atom is -0.396 e. The molecule has 104 valence electrons. The van der Waals surface area contributed by atoms with Gasteiger partial charge in [0.05, 0.1) is 0 Å². The normalized spacial score (nSPS) is 10.8. The van der Waals surface area contributed by atoms with E-state index in [2.05, 4.69) is 19.9 Å². The summed E-state index contributed by atoms with van der Waals surface area (Å²) in [6.45, 7) is 4.39. The Morgan fingerprint density at radius 1 is 1.10 bits per heavy atom. The molecule has 0 saturated carbocycles. The van der Waals surface area contributed by atoms with Crippen LogP contribution in [-0.2, 0) is 6.42 Å². The summed E-state index contributed by atoms with van der Waals surface area (Å²) in [5.41, 5.74) is 5.30. The number of benzene rings is 2. The molecule has 2 rings (SSSR count). The summed E-state index contributed by atoms with van der Waals surface area (Å²) >= 11 is 0. The molecule has 0 bridgehead atoms. The summed E-state index contributed by atoms with van der Waals surface area (Å²) in [4.78, 5) is 11.0. The first-order valence-electron chi connectivity index (χ1n) is 6.95. The van der Waals surface area contributed by atoms with Crippen molar-refractivity contribution in [2.24, 2.45) is 0 Å². The molecular weight excluding hydrogens is 248 g/mol. The zero-order chi connectivity index (χ0) is 14.5. The van der Waals surface area contributed by atoms with Gasteiger partial charge in [0, 0.05) is 12.2 Å². The van der Waals surface area contributed by atoms with Gasteiger partial charge in [-0.1, -0.05) is 50.2 Å². The Labute approximate surface area is 120 Å². The van der Waals surface area contributed by atoms with E-state index in [0.29, 0.717) is 17.9 Å². The van der Waals surface area contributed by atoms with Gasteiger partial charge in [-0.25, -0.2) is 0 Å². The van der Waals surface area contributed by atoms with Crippen molar-refractivity contribution in [2.45, 2.75) is 26.2 Å². The van der Waals surface area contributed by atoms with Crippen molar-refractivity contribution in [2.75, 3.05) is 6.61 Å². The van der Waals surface area contributed by atoms with Gasteiger partial charge in [0.25, 0.3) is 0 Å². The summed E-state index contributed by atoms with van der Waals surface area (Å²) in [5.74, 6) is 0.340. The van der Waals surface area contributed by atoms with E-state index < -0.39 is 0 Å². The lowest BCUT2D eigenvalue weighted by molar-refractivity contribution is 0.112. The second-order valence-electron chi connectivity index (χ2n) is 5.25. The van der Waals surface area contributed by atoms with Gasteiger partial charge < -0.3 is 5.11 Å². The number of aliphatic hydroxyl groups excluding tert-OH is 1. The smallest absolute Gasteiger partial charge is 0.150 e. The number of aldehydes is 1. The van der Waals surface area contributed by atoms with Gasteiger partial charge in [0.15, 0.2) is 0 Å². The number of rotatable bonds is 5. The van der Waals surface area contributed by atoms with Gasteiger partial charge in [-0.05, 0) is 40.7 Å². The van der Waals surface area contributed by atoms with Gasteiger partial charge in [-0.15, -0.1) is 0 Å². The SMILES string of the molecule is CC(C)c1cc(C=O)ccc1-c1ccccc1CCO. The van der Waals surface area contributed by atoms with Gasteiger partial charge in [-0.2, -0.15) is 0 Å². The van der Waals surface area contributed by atoms with Crippen molar-refractivity contribution < 1.29 is 9.90 Å². The van der Waals surface area contributed by atoms with E-state index >= 15 is 0 Å². The van der Waals surface area contributed by atoms with Crippen LogP contribution in [0.1, 0.15) is 41.3 Å². The molecule has 0 radical (unpaired) electrons. The number of carbonyl (C=O) groups excluding carboxylic acids is 1. The van der Waals surface area contributed by atoms with Crippen molar-refractivity contribution >= 4 is 6.29 Å². The molecule has 0 aliphatic heterocycles. The summed E-state index contributed by atoms with van der Waals surface area (Å²) in [6.07, 6.45) is 1.53. The second kappa shape index (κ2) is 6.49. The van der Waals surface area contributed by atoms with Crippen LogP contribution in [0.5, 0.6) is 0 Å². The zero-order valence-electron chi connectivity index (χ0n) is 12.0. The Bertz CT molecular complexity index is 600. The Balaban J connectivity index is 2.60. The maximum atomic E-state index is 11.0. The first kappa shape index (κ1) is 14.5. The molecule has 0 unspecified atom stereocenters. The van der Waals surface area contributed by atoms with Gasteiger partial charge in [0.1, 0.15) is 6.29 Å². The van der Waals surface area contributed by atoms with Gasteiger partial charge >= 0.3 is 0 Å². The lowest BCUT2D eigenvalue weighted by Gasteiger charge is -2.16. The third-order valence-corrected chi connectivity index (χ3v) is 3.52. The van der Waals surface area contributed by atoms with Crippen LogP contribution in [0, 0.1) is 0 Å². The highest BCUT2D eigenvalue weighted by atomic mass is 16.2. The maximum absolute atomic E-state index is 11.0. The lowest BCUT2D eigenvalue weighted by Crippen LogP contribution is -1.99. The quantitative estimate of drug-likeness (QED) is 0.837. The van der Waals surface area contributed by atoms with Crippen LogP contribution in [0.25, 0.3) is 11.1 Å². The fourth-order valence-electron chi connectivity index (χ4n) is 2.50. The maximum Gasteiger partial charge on any atom is 0.150 e. The van der Waals surface area contributed by atoms with E-state index in [0.717, 1.165) is 23.0 Å². The highest BCUT2D eigenvalue weighted by molar-refractivity contribution is 5.79. The second-order valence-corrected chi connectivity index (χ2v) is 5.25. The van der Waals surface area contributed by atoms with E-state index in [1.807, 2.05) is 36.4 Å². The van der Waals surface area contributed by atoms with Crippen LogP contribution in [0.3, 0.4) is 0 Å². The molecule has 0 amide bonds. The largest absolute Gasteiger partial charge is 0.396 e. The van der Waals surface area contributed by atoms with E-state index in [1.54, 1.807) is 0 Å². The summed E-state index contributed by atoms with van der Waals surface area (Å²) in [5, 5.41) is 9.21. The molecule has 0 aromatic heterocycles. The minimum absolute atomic E-state index is 0.139. The first-order chi connectivity index (χ1) is 9.67. The Morgan fingerprint density at radius 2 is 1.85 bits per heavy atom. The molecule has 0 atom stereocenters. The summed E-state index contributed by atoms with van der Waals surface area (Å²) in [7, 11) is 0. The standard InChI is InChI=1S/C18H20O2/c1-13(2)18-11-14(12-20)7-8-17(18)16-6-4-3-5-15(16)9-10-19/h3-8,11-13,19H,9-10H2,1-2H3. The Hall–Kier alpha value is -1.93. The molecule has 0 spiro atoms. The third-order valence-electron chi connectivity index (χ3n) is 3.52. The van der Waals surface area contributed by atoms with Gasteiger partial charge in [-0.3, -0.25) is 4.79 Å². The number of aliphatic hydroxyl groups is 1. The van der Waals surface area contributed by atoms with Crippen LogP contribution in [0.15, 0.2) is 42.5 Å². The van der Waals surface area contributed by atoms with Crippen molar-refractivity contribution in [1.82, 2.24) is 0 Å². The highest BCUT2D eigenvalue weighted by Gasteiger charge is 2.12. The van der Waals surface area contributed by atoms with Crippen molar-refractivity contribution in [3.8, 4) is 11.1 Å². The molecule has 2 nitrogen and oxygen atoms in total. The van der Waals surface area contributed by atoms with Crippen molar-refractivity contribution in [3.05, 3.63) is 59.2 Å². The van der Waals surface area contributed by atoms with E-state index in [1.165, 1.54) is 5.56 Å². The van der Waals surface area contributed by atoms with Crippen LogP contribution in [0.4, 0.5) is 0 Å². The molecule has 20 heavy (non-hydrogen) atoms. The fraction of sp³-hybridized carbons (Fsp3) is 0.278. The van der Waals surface area contributed by atoms with E-state index in [-0.39, 0.29) is 6.61 Å². The van der Waals surface area contributed by atoms with Crippen LogP contribution in [-0.4, -0.2) is 18.0 Å². The molecule has 2 heteroatoms. The van der Waals surface area contributed by atoms with Crippen LogP contribution < -0.4 is 0 Å². The van der Waals surface area contributed by atoms with E-state index in [9.17, 15) is 9.90 Å². The average Bonchev–Trinajstić information content (AvgIpc) is 2.47. The molecule has 0 saturated heterocycles. The highest BCUT2D eigenvalue weighted by Crippen LogP contribution is 2.32. The molecule has 0 aliphatic rings. The van der Waals surface area contributed by atoms with Crippen LogP contribution >= 0.6 is 0 Å². The van der Waals surface area contributed by atoms with Crippen molar-refractivity contribution in [3.63, 3.8) is 0 Å². The monoisotopic (exact) mass is 268 g/mol. The predicted octanol–water partition coefficient (Wildman–Crippen LogP) is 3.82. The summed E-state index contributed by atoms with van der Waals surface area (Å²) < 4.78 is 0. The average molecular weight is 268 g/mol. The van der Waals surface area contributed by atoms with Gasteiger partial charge in [0.2, 0.25) is 0 Å². The summed E-state index contributed by atoms with van der Waals surface area (Å²) in [6, 6.07) is 13.9. The first-order valence-corrected chi connectivity index (χ1v) is 6.95. The predicted molar refractivity (Wildman–Crippen MR) is 82.1 cm³/mol. The molecule has 2 aromatic carbocycles. The number of hydrogen-bond donors (Lipinski definition) is 1. The Morgan fingerprint density at radius 3 is 2.50 bits per heavy atom. The topological polar surface area (TPSA) is 37.3 Å². The molecule has 1 N–H and O–H groups in total. The van der Waals surface area contributed by atoms with E-state index in [4.69, 9.17) is 0 Å². The van der Waals surface area contributed by atoms with Crippen molar-refractivity contribution in [1.29, 1.82) is 0 Å². The number of carbonyl (C=O) groups is 1. The fourth-order valence-corrected chi connectivity index (χ4v) is 2.50. The number of hydrogen-bond acceptors (Lipinski definition) is 2. The molecule has 0 heterocycles.